The second-order valence-corrected chi connectivity index (χ2v) is 9.35. The van der Waals surface area contributed by atoms with Crippen LogP contribution in [0.15, 0.2) is 47.4 Å². The third-order valence-electron chi connectivity index (χ3n) is 4.18. The molecule has 0 bridgehead atoms. The van der Waals surface area contributed by atoms with Gasteiger partial charge in [0.2, 0.25) is 0 Å². The Morgan fingerprint density at radius 2 is 1.61 bits per heavy atom. The van der Waals surface area contributed by atoms with Crippen molar-refractivity contribution in [2.45, 2.75) is 39.5 Å². The number of carbonyl (C=O) groups excluding carboxylic acids is 2. The highest BCUT2D eigenvalue weighted by Crippen LogP contribution is 2.21. The van der Waals surface area contributed by atoms with Crippen LogP contribution in [0.25, 0.3) is 0 Å². The van der Waals surface area contributed by atoms with Gasteiger partial charge in [0.15, 0.2) is 12.4 Å². The number of ketones is 1. The Morgan fingerprint density at radius 1 is 1.00 bits per heavy atom. The molecule has 0 aliphatic carbocycles. The fourth-order valence-electron chi connectivity index (χ4n) is 2.31. The van der Waals surface area contributed by atoms with Crippen LogP contribution in [0.3, 0.4) is 0 Å². The highest BCUT2D eigenvalue weighted by atomic mass is 32.2. The number of rotatable bonds is 6. The normalized spacial score (nSPS) is 11.8. The number of carbonyl (C=O) groups is 2. The molecule has 0 fully saturated rings. The van der Waals surface area contributed by atoms with Crippen molar-refractivity contribution in [2.75, 3.05) is 11.3 Å². The smallest absolute Gasteiger partial charge is 0.338 e. The lowest BCUT2D eigenvalue weighted by molar-refractivity contribution is -0.129. The molecule has 0 saturated carbocycles. The van der Waals surface area contributed by atoms with Gasteiger partial charge in [-0.1, -0.05) is 32.9 Å². The van der Waals surface area contributed by atoms with Crippen LogP contribution in [0.1, 0.15) is 42.3 Å². The minimum Gasteiger partial charge on any atom is -0.454 e. The summed E-state index contributed by atoms with van der Waals surface area (Å²) in [5.74, 6) is -0.819. The van der Waals surface area contributed by atoms with Crippen molar-refractivity contribution in [3.8, 4) is 0 Å². The van der Waals surface area contributed by atoms with E-state index in [1.54, 1.807) is 39.8 Å². The van der Waals surface area contributed by atoms with Gasteiger partial charge in [-0.05, 0) is 55.3 Å². The number of Topliss-reactive ketones (excluding diaryl/α,β-unsaturated/α-hetero) is 1. The van der Waals surface area contributed by atoms with Crippen LogP contribution in [-0.4, -0.2) is 26.8 Å². The third-order valence-corrected chi connectivity index (χ3v) is 5.70. The van der Waals surface area contributed by atoms with Crippen LogP contribution in [0.2, 0.25) is 0 Å². The Bertz CT molecular complexity index is 986. The van der Waals surface area contributed by atoms with Crippen LogP contribution >= 0.6 is 0 Å². The standard InChI is InChI=1S/C21H25NO5S/c1-14-6-7-15(2)18(12-14)28(25,26)22-17-10-8-16(9-11-17)20(24)27-13-19(23)21(3,4)5/h6-12,22H,13H2,1-5H3. The molecule has 0 unspecified atom stereocenters. The number of sulfonamides is 1. The van der Waals surface area contributed by atoms with Crippen molar-refractivity contribution >= 4 is 27.5 Å². The topological polar surface area (TPSA) is 89.5 Å². The molecule has 0 saturated heterocycles. The molecule has 7 heteroatoms. The van der Waals surface area contributed by atoms with Gasteiger partial charge in [0.05, 0.1) is 10.5 Å². The first-order valence-corrected chi connectivity index (χ1v) is 10.3. The summed E-state index contributed by atoms with van der Waals surface area (Å²) in [6.07, 6.45) is 0. The number of esters is 1. The minimum absolute atomic E-state index is 0.182. The molecule has 0 atom stereocenters. The zero-order valence-electron chi connectivity index (χ0n) is 16.7. The van der Waals surface area contributed by atoms with Gasteiger partial charge in [-0.25, -0.2) is 13.2 Å². The van der Waals surface area contributed by atoms with E-state index in [-0.39, 0.29) is 22.8 Å². The second kappa shape index (κ2) is 8.14. The van der Waals surface area contributed by atoms with E-state index >= 15 is 0 Å². The van der Waals surface area contributed by atoms with Gasteiger partial charge in [-0.15, -0.1) is 0 Å². The third kappa shape index (κ3) is 5.42. The lowest BCUT2D eigenvalue weighted by atomic mass is 9.91. The number of hydrogen-bond donors (Lipinski definition) is 1. The summed E-state index contributed by atoms with van der Waals surface area (Å²) < 4.78 is 32.8. The highest BCUT2D eigenvalue weighted by molar-refractivity contribution is 7.92. The molecule has 28 heavy (non-hydrogen) atoms. The summed E-state index contributed by atoms with van der Waals surface area (Å²) in [6, 6.07) is 11.1. The number of ether oxygens (including phenoxy) is 1. The fourth-order valence-corrected chi connectivity index (χ4v) is 3.70. The van der Waals surface area contributed by atoms with Crippen molar-refractivity contribution in [1.29, 1.82) is 0 Å². The Morgan fingerprint density at radius 3 is 2.18 bits per heavy atom. The molecular formula is C21H25NO5S. The predicted molar refractivity (Wildman–Crippen MR) is 108 cm³/mol. The molecule has 0 radical (unpaired) electrons. The molecule has 0 aromatic heterocycles. The van der Waals surface area contributed by atoms with E-state index in [4.69, 9.17) is 4.74 Å². The summed E-state index contributed by atoms with van der Waals surface area (Å²) in [7, 11) is -3.75. The average Bonchev–Trinajstić information content (AvgIpc) is 2.60. The largest absolute Gasteiger partial charge is 0.454 e. The first-order chi connectivity index (χ1) is 12.9. The lowest BCUT2D eigenvalue weighted by Gasteiger charge is -2.16. The number of anilines is 1. The maximum atomic E-state index is 12.6. The van der Waals surface area contributed by atoms with Crippen LogP contribution in [0.5, 0.6) is 0 Å². The minimum atomic E-state index is -3.75. The molecule has 0 heterocycles. The van der Waals surface area contributed by atoms with E-state index in [0.717, 1.165) is 5.56 Å². The Hall–Kier alpha value is -2.67. The second-order valence-electron chi connectivity index (χ2n) is 7.70. The number of hydrogen-bond acceptors (Lipinski definition) is 5. The molecule has 6 nitrogen and oxygen atoms in total. The Balaban J connectivity index is 2.09. The van der Waals surface area contributed by atoms with Gasteiger partial charge in [0.25, 0.3) is 10.0 Å². The number of aryl methyl sites for hydroxylation is 2. The van der Waals surface area contributed by atoms with Crippen molar-refractivity contribution in [1.82, 2.24) is 0 Å². The summed E-state index contributed by atoms with van der Waals surface area (Å²) in [5, 5.41) is 0. The Labute approximate surface area is 166 Å². The van der Waals surface area contributed by atoms with E-state index in [0.29, 0.717) is 11.3 Å². The van der Waals surface area contributed by atoms with E-state index in [1.165, 1.54) is 24.3 Å². The monoisotopic (exact) mass is 403 g/mol. The fraction of sp³-hybridized carbons (Fsp3) is 0.333. The van der Waals surface area contributed by atoms with Gasteiger partial charge in [0.1, 0.15) is 0 Å². The zero-order valence-corrected chi connectivity index (χ0v) is 17.5. The van der Waals surface area contributed by atoms with E-state index in [1.807, 2.05) is 13.0 Å². The van der Waals surface area contributed by atoms with Crippen LogP contribution < -0.4 is 4.72 Å². The van der Waals surface area contributed by atoms with E-state index < -0.39 is 21.4 Å². The molecule has 2 rings (SSSR count). The maximum Gasteiger partial charge on any atom is 0.338 e. The molecule has 0 aliphatic heterocycles. The van der Waals surface area contributed by atoms with E-state index in [9.17, 15) is 18.0 Å². The molecule has 1 N–H and O–H groups in total. The number of benzene rings is 2. The summed E-state index contributed by atoms with van der Waals surface area (Å²) in [4.78, 5) is 24.1. The van der Waals surface area contributed by atoms with Gasteiger partial charge < -0.3 is 4.74 Å². The Kier molecular flexibility index (Phi) is 6.29. The van der Waals surface area contributed by atoms with Gasteiger partial charge in [0, 0.05) is 11.1 Å². The molecule has 0 aliphatic rings. The summed E-state index contributed by atoms with van der Waals surface area (Å²) >= 11 is 0. The summed E-state index contributed by atoms with van der Waals surface area (Å²) in [6.45, 7) is 8.50. The van der Waals surface area contributed by atoms with Crippen molar-refractivity contribution in [3.05, 3.63) is 59.2 Å². The van der Waals surface area contributed by atoms with Gasteiger partial charge >= 0.3 is 5.97 Å². The molecular weight excluding hydrogens is 378 g/mol. The van der Waals surface area contributed by atoms with Gasteiger partial charge in [-0.3, -0.25) is 9.52 Å². The van der Waals surface area contributed by atoms with Crippen molar-refractivity contribution in [3.63, 3.8) is 0 Å². The molecule has 150 valence electrons. The average molecular weight is 404 g/mol. The zero-order chi connectivity index (χ0) is 21.1. The van der Waals surface area contributed by atoms with E-state index in [2.05, 4.69) is 4.72 Å². The maximum absolute atomic E-state index is 12.6. The van der Waals surface area contributed by atoms with Crippen molar-refractivity contribution < 1.29 is 22.7 Å². The number of nitrogens with one attached hydrogen (secondary N) is 1. The highest BCUT2D eigenvalue weighted by Gasteiger charge is 2.23. The summed E-state index contributed by atoms with van der Waals surface area (Å²) in [5.41, 5.74) is 1.45. The lowest BCUT2D eigenvalue weighted by Crippen LogP contribution is -2.26. The first kappa shape index (κ1) is 21.6. The SMILES string of the molecule is Cc1ccc(C)c(S(=O)(=O)Nc2ccc(C(=O)OCC(=O)C(C)(C)C)cc2)c1. The molecule has 0 amide bonds. The molecule has 2 aromatic carbocycles. The first-order valence-electron chi connectivity index (χ1n) is 8.81. The molecule has 2 aromatic rings. The van der Waals surface area contributed by atoms with Crippen LogP contribution in [0.4, 0.5) is 5.69 Å². The predicted octanol–water partition coefficient (Wildman–Crippen LogP) is 3.88. The van der Waals surface area contributed by atoms with Crippen molar-refractivity contribution in [2.24, 2.45) is 5.41 Å². The quantitative estimate of drug-likeness (QED) is 0.740. The van der Waals surface area contributed by atoms with Crippen LogP contribution in [-0.2, 0) is 19.6 Å². The van der Waals surface area contributed by atoms with Crippen LogP contribution in [0, 0.1) is 19.3 Å². The molecule has 0 spiro atoms. The van der Waals surface area contributed by atoms with Gasteiger partial charge in [-0.2, -0.15) is 0 Å².